The minimum absolute atomic E-state index is 0.119. The second-order valence-electron chi connectivity index (χ2n) is 5.10. The smallest absolute Gasteiger partial charge is 0.190 e. The van der Waals surface area contributed by atoms with Crippen molar-refractivity contribution < 1.29 is 20.1 Å². The highest BCUT2D eigenvalue weighted by molar-refractivity contribution is 5.81. The maximum atomic E-state index is 10.2. The Hall–Kier alpha value is -1.88. The summed E-state index contributed by atoms with van der Waals surface area (Å²) in [5, 5.41) is 40.7. The molecule has 0 bridgehead atoms. The number of fused-ring (bicyclic) bond motifs is 2. The van der Waals surface area contributed by atoms with Crippen LogP contribution in [-0.2, 0) is 4.74 Å². The van der Waals surface area contributed by atoms with Gasteiger partial charge in [0.1, 0.15) is 24.1 Å². The molecule has 1 saturated carbocycles. The first-order valence-electron chi connectivity index (χ1n) is 6.03. The third-order valence-electron chi connectivity index (χ3n) is 3.99. The van der Waals surface area contributed by atoms with Crippen LogP contribution >= 0.6 is 0 Å². The Morgan fingerprint density at radius 2 is 2.05 bits per heavy atom. The van der Waals surface area contributed by atoms with E-state index >= 15 is 0 Å². The third kappa shape index (κ3) is 1.17. The Balaban J connectivity index is 1.85. The molecule has 0 spiro atoms. The van der Waals surface area contributed by atoms with Gasteiger partial charge in [0.25, 0.3) is 0 Å². The van der Waals surface area contributed by atoms with Crippen molar-refractivity contribution >= 4 is 17.0 Å². The number of rotatable bonds is 1. The predicted octanol–water partition coefficient (Wildman–Crippen LogP) is -2.52. The molecule has 10 heteroatoms. The highest BCUT2D eigenvalue weighted by Gasteiger charge is 2.76. The number of aryl methyl sites for hydroxylation is 1. The van der Waals surface area contributed by atoms with Crippen LogP contribution in [-0.4, -0.2) is 64.2 Å². The van der Waals surface area contributed by atoms with Gasteiger partial charge in [-0.1, -0.05) is 0 Å². The SMILES string of the molecule is Cc1nc2c(N)nnnc2n1[C@@H]1O[C@@H]2C(O)[C@]2(O)[C@H]1O. The molecule has 0 aromatic carbocycles. The Morgan fingerprint density at radius 3 is 2.70 bits per heavy atom. The summed E-state index contributed by atoms with van der Waals surface area (Å²) in [4.78, 5) is 4.21. The Bertz CT molecular complexity index is 719. The zero-order valence-corrected chi connectivity index (χ0v) is 10.4. The van der Waals surface area contributed by atoms with Crippen LogP contribution in [0.15, 0.2) is 0 Å². The molecular formula is C10H12N6O4. The minimum Gasteiger partial charge on any atom is -0.387 e. The van der Waals surface area contributed by atoms with Gasteiger partial charge in [0.05, 0.1) is 0 Å². The number of hydrogen-bond acceptors (Lipinski definition) is 9. The number of nitrogens with two attached hydrogens (primary N) is 1. The van der Waals surface area contributed by atoms with Crippen LogP contribution in [0.2, 0.25) is 0 Å². The number of ether oxygens (including phenoxy) is 1. The first kappa shape index (κ1) is 11.9. The molecule has 5 atom stereocenters. The summed E-state index contributed by atoms with van der Waals surface area (Å²) in [6, 6.07) is 0. The maximum Gasteiger partial charge on any atom is 0.190 e. The van der Waals surface area contributed by atoms with Crippen LogP contribution in [0, 0.1) is 6.92 Å². The van der Waals surface area contributed by atoms with E-state index in [-0.39, 0.29) is 5.82 Å². The van der Waals surface area contributed by atoms with Gasteiger partial charge in [0.15, 0.2) is 28.8 Å². The molecule has 2 aromatic heterocycles. The highest BCUT2D eigenvalue weighted by atomic mass is 16.6. The summed E-state index contributed by atoms with van der Waals surface area (Å²) in [7, 11) is 0. The van der Waals surface area contributed by atoms with Crippen molar-refractivity contribution in [3.8, 4) is 0 Å². The van der Waals surface area contributed by atoms with Gasteiger partial charge in [-0.15, -0.1) is 10.2 Å². The van der Waals surface area contributed by atoms with Gasteiger partial charge in [-0.3, -0.25) is 4.57 Å². The van der Waals surface area contributed by atoms with E-state index in [4.69, 9.17) is 10.5 Å². The van der Waals surface area contributed by atoms with Gasteiger partial charge in [0, 0.05) is 0 Å². The van der Waals surface area contributed by atoms with Crippen LogP contribution in [0.1, 0.15) is 12.1 Å². The highest BCUT2D eigenvalue weighted by Crippen LogP contribution is 2.53. The maximum absolute atomic E-state index is 10.2. The summed E-state index contributed by atoms with van der Waals surface area (Å²) in [6.45, 7) is 1.68. The van der Waals surface area contributed by atoms with E-state index in [0.717, 1.165) is 0 Å². The molecule has 2 fully saturated rings. The number of aliphatic hydroxyl groups is 3. The normalized spacial score (nSPS) is 39.2. The zero-order chi connectivity index (χ0) is 14.2. The van der Waals surface area contributed by atoms with Crippen LogP contribution in [0.25, 0.3) is 11.2 Å². The minimum atomic E-state index is -1.64. The summed E-state index contributed by atoms with van der Waals surface area (Å²) >= 11 is 0. The second-order valence-corrected chi connectivity index (χ2v) is 5.10. The largest absolute Gasteiger partial charge is 0.387 e. The monoisotopic (exact) mass is 280 g/mol. The fourth-order valence-corrected chi connectivity index (χ4v) is 2.79. The number of hydrogen-bond donors (Lipinski definition) is 4. The van der Waals surface area contributed by atoms with Crippen molar-refractivity contribution in [2.75, 3.05) is 5.73 Å². The molecule has 0 amide bonds. The lowest BCUT2D eigenvalue weighted by molar-refractivity contribution is -0.0949. The first-order chi connectivity index (χ1) is 9.46. The molecule has 2 aromatic rings. The third-order valence-corrected chi connectivity index (χ3v) is 3.99. The van der Waals surface area contributed by atoms with E-state index in [1.165, 1.54) is 4.57 Å². The molecule has 1 saturated heterocycles. The molecule has 0 radical (unpaired) electrons. The fourth-order valence-electron chi connectivity index (χ4n) is 2.79. The molecule has 5 N–H and O–H groups in total. The van der Waals surface area contributed by atoms with Crippen molar-refractivity contribution in [3.63, 3.8) is 0 Å². The fraction of sp³-hybridized carbons (Fsp3) is 0.600. The average molecular weight is 280 g/mol. The standard InChI is InChI=1S/C10H12N6O4/c1-2-12-3-7(11)13-15-14-8(3)16(2)9-5(18)10(19)4(17)6(10)20-9/h4-6,9,17-19H,1H3,(H2,11,13,14)/t4?,5-,6+,9+,10-/m0/s1. The summed E-state index contributed by atoms with van der Waals surface area (Å²) in [6.07, 6.45) is -4.10. The molecule has 2 aliphatic rings. The molecule has 1 aliphatic heterocycles. The number of aromatic nitrogens is 5. The van der Waals surface area contributed by atoms with Crippen LogP contribution < -0.4 is 5.73 Å². The van der Waals surface area contributed by atoms with Crippen molar-refractivity contribution in [1.82, 2.24) is 25.0 Å². The molecule has 106 valence electrons. The van der Waals surface area contributed by atoms with E-state index < -0.39 is 30.1 Å². The van der Waals surface area contributed by atoms with Crippen molar-refractivity contribution in [1.29, 1.82) is 0 Å². The summed E-state index contributed by atoms with van der Waals surface area (Å²) in [5.74, 6) is 0.602. The summed E-state index contributed by atoms with van der Waals surface area (Å²) < 4.78 is 6.97. The molecule has 4 rings (SSSR count). The quantitative estimate of drug-likeness (QED) is 0.443. The molecule has 3 heterocycles. The van der Waals surface area contributed by atoms with E-state index in [1.54, 1.807) is 6.92 Å². The number of imidazole rings is 1. The average Bonchev–Trinajstić information content (AvgIpc) is 2.71. The van der Waals surface area contributed by atoms with Crippen LogP contribution in [0.4, 0.5) is 5.82 Å². The van der Waals surface area contributed by atoms with Gasteiger partial charge in [-0.2, -0.15) is 0 Å². The van der Waals surface area contributed by atoms with Gasteiger partial charge < -0.3 is 25.8 Å². The molecule has 10 nitrogen and oxygen atoms in total. The van der Waals surface area contributed by atoms with E-state index in [2.05, 4.69) is 20.4 Å². The van der Waals surface area contributed by atoms with Crippen molar-refractivity contribution in [2.45, 2.75) is 37.1 Å². The van der Waals surface area contributed by atoms with Crippen LogP contribution in [0.5, 0.6) is 0 Å². The number of anilines is 1. The summed E-state index contributed by atoms with van der Waals surface area (Å²) in [5.41, 5.74) is 4.69. The molecule has 1 aliphatic carbocycles. The lowest BCUT2D eigenvalue weighted by atomic mass is 10.1. The number of nitrogen functional groups attached to an aromatic ring is 1. The van der Waals surface area contributed by atoms with E-state index in [0.29, 0.717) is 17.0 Å². The van der Waals surface area contributed by atoms with Gasteiger partial charge in [0.2, 0.25) is 0 Å². The molecule has 20 heavy (non-hydrogen) atoms. The lowest BCUT2D eigenvalue weighted by Gasteiger charge is -2.23. The van der Waals surface area contributed by atoms with E-state index in [9.17, 15) is 15.3 Å². The van der Waals surface area contributed by atoms with E-state index in [1.807, 2.05) is 0 Å². The van der Waals surface area contributed by atoms with Crippen molar-refractivity contribution in [2.24, 2.45) is 0 Å². The number of nitrogens with zero attached hydrogens (tertiary/aromatic N) is 5. The van der Waals surface area contributed by atoms with Gasteiger partial charge in [-0.25, -0.2) is 4.98 Å². The van der Waals surface area contributed by atoms with Gasteiger partial charge in [-0.05, 0) is 12.1 Å². The molecular weight excluding hydrogens is 268 g/mol. The number of aliphatic hydroxyl groups excluding tert-OH is 2. The first-order valence-corrected chi connectivity index (χ1v) is 6.03. The Morgan fingerprint density at radius 1 is 1.30 bits per heavy atom. The topological polar surface area (TPSA) is 152 Å². The zero-order valence-electron chi connectivity index (χ0n) is 10.4. The van der Waals surface area contributed by atoms with Crippen LogP contribution in [0.3, 0.4) is 0 Å². The Labute approximate surface area is 111 Å². The molecule has 1 unspecified atom stereocenters. The lowest BCUT2D eigenvalue weighted by Crippen LogP contribution is -2.37. The second kappa shape index (κ2) is 3.41. The van der Waals surface area contributed by atoms with Gasteiger partial charge >= 0.3 is 0 Å². The Kier molecular flexibility index (Phi) is 2.03. The van der Waals surface area contributed by atoms with Crippen molar-refractivity contribution in [3.05, 3.63) is 5.82 Å². The predicted molar refractivity (Wildman–Crippen MR) is 63.1 cm³/mol.